The number of sulfonamides is 1. The minimum absolute atomic E-state index is 0.0799. The third kappa shape index (κ3) is 3.48. The van der Waals surface area contributed by atoms with Gasteiger partial charge in [-0.3, -0.25) is 9.69 Å². The van der Waals surface area contributed by atoms with Gasteiger partial charge in [0.05, 0.1) is 33.6 Å². The Morgan fingerprint density at radius 1 is 1.09 bits per heavy atom. The molecule has 1 amide bonds. The summed E-state index contributed by atoms with van der Waals surface area (Å²) in [5.74, 6) is 0.411. The van der Waals surface area contributed by atoms with Gasteiger partial charge in [0, 0.05) is 0 Å². The number of ether oxygens (including phenoxy) is 1. The molecule has 1 unspecified atom stereocenters. The number of nitrogens with zero attached hydrogens (tertiary/aromatic N) is 2. The van der Waals surface area contributed by atoms with E-state index < -0.39 is 16.1 Å². The van der Waals surface area contributed by atoms with Crippen LogP contribution >= 0.6 is 11.3 Å². The number of hydrogen-bond acceptors (Lipinski definition) is 7. The van der Waals surface area contributed by atoms with Crippen molar-refractivity contribution in [1.82, 2.24) is 4.98 Å². The van der Waals surface area contributed by atoms with Crippen LogP contribution in [-0.4, -0.2) is 26.4 Å². The molecule has 162 valence electrons. The number of nitrogens with two attached hydrogens (primary N) is 1. The Balaban J connectivity index is 1.73. The molecule has 32 heavy (non-hydrogen) atoms. The van der Waals surface area contributed by atoms with E-state index in [2.05, 4.69) is 5.32 Å². The second-order valence-electron chi connectivity index (χ2n) is 7.23. The zero-order chi connectivity index (χ0) is 22.5. The van der Waals surface area contributed by atoms with Crippen molar-refractivity contribution in [3.63, 3.8) is 0 Å². The Hall–Kier alpha value is -3.47. The second kappa shape index (κ2) is 7.59. The highest BCUT2D eigenvalue weighted by atomic mass is 32.2. The highest BCUT2D eigenvalue weighted by Gasteiger charge is 2.37. The molecule has 10 heteroatoms. The molecule has 1 aliphatic heterocycles. The maximum absolute atomic E-state index is 13.2. The first-order valence-corrected chi connectivity index (χ1v) is 12.0. The Bertz CT molecular complexity index is 1450. The molecular weight excluding hydrogens is 448 g/mol. The van der Waals surface area contributed by atoms with Crippen molar-refractivity contribution in [2.75, 3.05) is 17.3 Å². The zero-order valence-electron chi connectivity index (χ0n) is 16.8. The lowest BCUT2D eigenvalue weighted by Crippen LogP contribution is -2.39. The van der Waals surface area contributed by atoms with Crippen molar-refractivity contribution in [3.8, 4) is 5.75 Å². The molecule has 0 aliphatic carbocycles. The van der Waals surface area contributed by atoms with Crippen LogP contribution in [0.5, 0.6) is 5.75 Å². The smallest absolute Gasteiger partial charge is 0.252 e. The summed E-state index contributed by atoms with van der Waals surface area (Å²) in [6.45, 7) is 0. The second-order valence-corrected chi connectivity index (χ2v) is 9.80. The molecule has 3 aromatic carbocycles. The molecular formula is C22H18N4O4S2. The molecule has 0 radical (unpaired) electrons. The zero-order valence-corrected chi connectivity index (χ0v) is 18.5. The molecule has 1 atom stereocenters. The quantitative estimate of drug-likeness (QED) is 0.473. The van der Waals surface area contributed by atoms with E-state index in [0.717, 1.165) is 15.8 Å². The van der Waals surface area contributed by atoms with Gasteiger partial charge in [0.25, 0.3) is 5.91 Å². The van der Waals surface area contributed by atoms with Gasteiger partial charge in [-0.05, 0) is 42.0 Å². The van der Waals surface area contributed by atoms with E-state index in [4.69, 9.17) is 14.9 Å². The molecule has 5 rings (SSSR count). The number of anilines is 3. The van der Waals surface area contributed by atoms with Gasteiger partial charge in [-0.1, -0.05) is 41.7 Å². The molecule has 1 aromatic heterocycles. The topological polar surface area (TPSA) is 115 Å². The highest BCUT2D eigenvalue weighted by Crippen LogP contribution is 2.46. The van der Waals surface area contributed by atoms with Crippen LogP contribution in [0.1, 0.15) is 11.6 Å². The lowest BCUT2D eigenvalue weighted by Gasteiger charge is -2.36. The Labute approximate surface area is 188 Å². The van der Waals surface area contributed by atoms with E-state index >= 15 is 0 Å². The van der Waals surface area contributed by atoms with Crippen molar-refractivity contribution in [2.24, 2.45) is 5.14 Å². The van der Waals surface area contributed by atoms with Crippen LogP contribution in [0.3, 0.4) is 0 Å². The van der Waals surface area contributed by atoms with Crippen LogP contribution in [0.2, 0.25) is 0 Å². The summed E-state index contributed by atoms with van der Waals surface area (Å²) in [5.41, 5.74) is 2.52. The van der Waals surface area contributed by atoms with Crippen LogP contribution in [0.4, 0.5) is 16.5 Å². The number of fused-ring (bicyclic) bond motifs is 2. The lowest BCUT2D eigenvalue weighted by molar-refractivity contribution is -0.117. The van der Waals surface area contributed by atoms with E-state index in [1.54, 1.807) is 13.2 Å². The van der Waals surface area contributed by atoms with E-state index in [-0.39, 0.29) is 10.8 Å². The van der Waals surface area contributed by atoms with Gasteiger partial charge in [0.15, 0.2) is 5.13 Å². The number of carbonyl (C=O) groups is 1. The van der Waals surface area contributed by atoms with Crippen LogP contribution < -0.4 is 20.1 Å². The van der Waals surface area contributed by atoms with Gasteiger partial charge in [0.2, 0.25) is 10.0 Å². The molecule has 1 aliphatic rings. The number of primary sulfonamides is 1. The van der Waals surface area contributed by atoms with Gasteiger partial charge in [-0.25, -0.2) is 18.5 Å². The fourth-order valence-corrected chi connectivity index (χ4v) is 5.31. The van der Waals surface area contributed by atoms with E-state index in [9.17, 15) is 13.2 Å². The normalized spacial score (nSPS) is 16.0. The first-order valence-electron chi connectivity index (χ1n) is 9.61. The number of benzene rings is 3. The van der Waals surface area contributed by atoms with E-state index in [0.29, 0.717) is 22.3 Å². The molecule has 0 fully saturated rings. The SMILES string of the molecule is COc1ccc2nc(N3c4ccc(S(N)(=O)=O)cc4NC(=O)C3c3ccccc3)sc2c1. The first kappa shape index (κ1) is 20.4. The number of aromatic nitrogens is 1. The van der Waals surface area contributed by atoms with Crippen LogP contribution in [0, 0.1) is 0 Å². The molecule has 0 spiro atoms. The molecule has 4 aromatic rings. The largest absolute Gasteiger partial charge is 0.497 e. The monoisotopic (exact) mass is 466 g/mol. The minimum atomic E-state index is -3.93. The average Bonchev–Trinajstić information content (AvgIpc) is 3.20. The fourth-order valence-electron chi connectivity index (χ4n) is 3.73. The number of methoxy groups -OCH3 is 1. The summed E-state index contributed by atoms with van der Waals surface area (Å²) in [6.07, 6.45) is 0. The van der Waals surface area contributed by atoms with Crippen molar-refractivity contribution < 1.29 is 17.9 Å². The third-order valence-corrected chi connectivity index (χ3v) is 7.15. The lowest BCUT2D eigenvalue weighted by atomic mass is 10.0. The van der Waals surface area contributed by atoms with Crippen LogP contribution in [-0.2, 0) is 14.8 Å². The predicted octanol–water partition coefficient (Wildman–Crippen LogP) is 3.78. The third-order valence-electron chi connectivity index (χ3n) is 5.23. The first-order chi connectivity index (χ1) is 15.3. The van der Waals surface area contributed by atoms with Gasteiger partial charge >= 0.3 is 0 Å². The standard InChI is InChI=1S/C22H18N4O4S2/c1-30-14-7-9-16-19(11-14)31-22(25-16)26-18-10-8-15(32(23,28)29)12-17(18)24-21(27)20(26)13-5-3-2-4-6-13/h2-12,20H,1H3,(H,24,27)(H2,23,28,29). The molecule has 0 bridgehead atoms. The van der Waals surface area contributed by atoms with Crippen molar-refractivity contribution in [1.29, 1.82) is 0 Å². The number of amides is 1. The number of rotatable bonds is 4. The Morgan fingerprint density at radius 3 is 2.59 bits per heavy atom. The molecule has 2 heterocycles. The van der Waals surface area contributed by atoms with Crippen LogP contribution in [0.25, 0.3) is 10.2 Å². The van der Waals surface area contributed by atoms with Crippen molar-refractivity contribution in [2.45, 2.75) is 10.9 Å². The van der Waals surface area contributed by atoms with E-state index in [1.165, 1.54) is 23.5 Å². The Morgan fingerprint density at radius 2 is 1.88 bits per heavy atom. The minimum Gasteiger partial charge on any atom is -0.497 e. The number of carbonyl (C=O) groups excluding carboxylic acids is 1. The maximum atomic E-state index is 13.2. The summed E-state index contributed by atoms with van der Waals surface area (Å²) in [7, 11) is -2.33. The average molecular weight is 467 g/mol. The molecule has 8 nitrogen and oxygen atoms in total. The summed E-state index contributed by atoms with van der Waals surface area (Å²) in [5, 5.41) is 8.72. The highest BCUT2D eigenvalue weighted by molar-refractivity contribution is 7.89. The number of nitrogens with one attached hydrogen (secondary N) is 1. The van der Waals surface area contributed by atoms with E-state index in [1.807, 2.05) is 53.4 Å². The van der Waals surface area contributed by atoms with Crippen LogP contribution in [0.15, 0.2) is 71.6 Å². The fraction of sp³-hybridized carbons (Fsp3) is 0.0909. The van der Waals surface area contributed by atoms with Crippen molar-refractivity contribution in [3.05, 3.63) is 72.3 Å². The van der Waals surface area contributed by atoms with Crippen molar-refractivity contribution >= 4 is 54.0 Å². The number of thiazole rings is 1. The number of hydrogen-bond donors (Lipinski definition) is 2. The molecule has 3 N–H and O–H groups in total. The molecule has 0 saturated carbocycles. The van der Waals surface area contributed by atoms with Gasteiger partial charge < -0.3 is 10.1 Å². The summed E-state index contributed by atoms with van der Waals surface area (Å²) in [4.78, 5) is 19.7. The summed E-state index contributed by atoms with van der Waals surface area (Å²) >= 11 is 1.42. The van der Waals surface area contributed by atoms with Gasteiger partial charge in [-0.2, -0.15) is 0 Å². The summed E-state index contributed by atoms with van der Waals surface area (Å²) < 4.78 is 29.9. The Kier molecular flexibility index (Phi) is 4.85. The predicted molar refractivity (Wildman–Crippen MR) is 124 cm³/mol. The summed E-state index contributed by atoms with van der Waals surface area (Å²) in [6, 6.07) is 18.7. The van der Waals surface area contributed by atoms with Gasteiger partial charge in [-0.15, -0.1) is 0 Å². The maximum Gasteiger partial charge on any atom is 0.252 e. The molecule has 0 saturated heterocycles. The van der Waals surface area contributed by atoms with Gasteiger partial charge in [0.1, 0.15) is 11.8 Å².